The van der Waals surface area contributed by atoms with E-state index in [1.54, 1.807) is 0 Å². The van der Waals surface area contributed by atoms with Gasteiger partial charge in [-0.3, -0.25) is 5.43 Å². The summed E-state index contributed by atoms with van der Waals surface area (Å²) in [5, 5.41) is 13.3. The van der Waals surface area contributed by atoms with Crippen LogP contribution in [0.15, 0.2) is 33.8 Å². The van der Waals surface area contributed by atoms with Crippen molar-refractivity contribution in [3.63, 3.8) is 0 Å². The van der Waals surface area contributed by atoms with E-state index in [2.05, 4.69) is 32.5 Å². The number of anilines is 1. The Balaban J connectivity index is 2.02. The van der Waals surface area contributed by atoms with E-state index in [1.165, 1.54) is 12.8 Å². The van der Waals surface area contributed by atoms with Crippen LogP contribution in [0.5, 0.6) is 0 Å². The highest BCUT2D eigenvalue weighted by Crippen LogP contribution is 2.26. The third-order valence-electron chi connectivity index (χ3n) is 3.01. The standard InChI is InChI=1S/C13H14BrN3/c14-11-5-7-12(8-6-11)16-17-13(9-15)10-3-1-2-4-10/h5-8,10,16H,1-4H2/b17-13-. The van der Waals surface area contributed by atoms with Crippen LogP contribution < -0.4 is 5.43 Å². The molecule has 1 aromatic carbocycles. The van der Waals surface area contributed by atoms with Crippen LogP contribution in [-0.2, 0) is 0 Å². The lowest BCUT2D eigenvalue weighted by Crippen LogP contribution is -2.10. The van der Waals surface area contributed by atoms with Gasteiger partial charge in [-0.05, 0) is 37.1 Å². The zero-order valence-corrected chi connectivity index (χ0v) is 11.1. The van der Waals surface area contributed by atoms with Crippen molar-refractivity contribution >= 4 is 27.3 Å². The molecule has 88 valence electrons. The molecule has 1 fully saturated rings. The topological polar surface area (TPSA) is 48.2 Å². The largest absolute Gasteiger partial charge is 0.278 e. The first-order valence-electron chi connectivity index (χ1n) is 5.79. The quantitative estimate of drug-likeness (QED) is 0.677. The predicted molar refractivity (Wildman–Crippen MR) is 72.8 cm³/mol. The molecule has 0 spiro atoms. The predicted octanol–water partition coefficient (Wildman–Crippen LogP) is 3.93. The molecule has 0 unspecified atom stereocenters. The van der Waals surface area contributed by atoms with E-state index in [0.717, 1.165) is 23.0 Å². The second kappa shape index (κ2) is 5.83. The maximum atomic E-state index is 9.08. The minimum atomic E-state index is 0.350. The van der Waals surface area contributed by atoms with Gasteiger partial charge in [0, 0.05) is 10.4 Å². The van der Waals surface area contributed by atoms with Crippen LogP contribution in [0.2, 0.25) is 0 Å². The SMILES string of the molecule is N#C/C(=N/Nc1ccc(Br)cc1)C1CCCC1. The molecule has 1 aromatic rings. The molecule has 4 heteroatoms. The minimum Gasteiger partial charge on any atom is -0.278 e. The van der Waals surface area contributed by atoms with Crippen LogP contribution in [0.25, 0.3) is 0 Å². The third kappa shape index (κ3) is 3.31. The van der Waals surface area contributed by atoms with Crippen LogP contribution in [0.3, 0.4) is 0 Å². The van der Waals surface area contributed by atoms with E-state index in [4.69, 9.17) is 5.26 Å². The summed E-state index contributed by atoms with van der Waals surface area (Å²) < 4.78 is 1.03. The lowest BCUT2D eigenvalue weighted by Gasteiger charge is -2.06. The van der Waals surface area contributed by atoms with Crippen LogP contribution in [-0.4, -0.2) is 5.71 Å². The Hall–Kier alpha value is -1.34. The Kier molecular flexibility index (Phi) is 4.16. The van der Waals surface area contributed by atoms with E-state index in [-0.39, 0.29) is 0 Å². The van der Waals surface area contributed by atoms with Gasteiger partial charge in [0.05, 0.1) is 5.69 Å². The van der Waals surface area contributed by atoms with Gasteiger partial charge < -0.3 is 0 Å². The number of hydrogen-bond acceptors (Lipinski definition) is 3. The summed E-state index contributed by atoms with van der Waals surface area (Å²) in [6, 6.07) is 9.95. The fourth-order valence-corrected chi connectivity index (χ4v) is 2.32. The van der Waals surface area contributed by atoms with Crippen molar-refractivity contribution in [2.75, 3.05) is 5.43 Å². The van der Waals surface area contributed by atoms with Crippen molar-refractivity contribution in [1.29, 1.82) is 5.26 Å². The molecule has 1 aliphatic carbocycles. The first-order valence-corrected chi connectivity index (χ1v) is 6.58. The number of nitriles is 1. The smallest absolute Gasteiger partial charge is 0.141 e. The van der Waals surface area contributed by atoms with Gasteiger partial charge in [-0.2, -0.15) is 10.4 Å². The fourth-order valence-electron chi connectivity index (χ4n) is 2.06. The lowest BCUT2D eigenvalue weighted by molar-refractivity contribution is 0.731. The van der Waals surface area contributed by atoms with Crippen molar-refractivity contribution in [2.24, 2.45) is 11.0 Å². The Morgan fingerprint density at radius 3 is 2.53 bits per heavy atom. The van der Waals surface area contributed by atoms with Crippen molar-refractivity contribution in [1.82, 2.24) is 0 Å². The van der Waals surface area contributed by atoms with Gasteiger partial charge >= 0.3 is 0 Å². The van der Waals surface area contributed by atoms with Crippen molar-refractivity contribution in [3.8, 4) is 6.07 Å². The van der Waals surface area contributed by atoms with Crippen LogP contribution in [0, 0.1) is 17.2 Å². The third-order valence-corrected chi connectivity index (χ3v) is 3.53. The van der Waals surface area contributed by atoms with Crippen LogP contribution in [0.4, 0.5) is 5.69 Å². The second-order valence-corrected chi connectivity index (χ2v) is 5.12. The molecule has 0 aromatic heterocycles. The molecule has 1 saturated carbocycles. The average Bonchev–Trinajstić information content (AvgIpc) is 2.86. The molecule has 1 aliphatic rings. The summed E-state index contributed by atoms with van der Waals surface area (Å²) in [6.45, 7) is 0. The number of nitrogens with one attached hydrogen (secondary N) is 1. The van der Waals surface area contributed by atoms with E-state index in [1.807, 2.05) is 24.3 Å². The second-order valence-electron chi connectivity index (χ2n) is 4.21. The summed E-state index contributed by atoms with van der Waals surface area (Å²) in [7, 11) is 0. The summed E-state index contributed by atoms with van der Waals surface area (Å²) >= 11 is 3.38. The maximum absolute atomic E-state index is 9.08. The number of hydrogen-bond donors (Lipinski definition) is 1. The summed E-state index contributed by atoms with van der Waals surface area (Å²) in [6.07, 6.45) is 4.61. The molecule has 3 nitrogen and oxygen atoms in total. The molecule has 0 atom stereocenters. The minimum absolute atomic E-state index is 0.350. The van der Waals surface area contributed by atoms with Gasteiger partial charge in [0.25, 0.3) is 0 Å². The molecule has 0 aliphatic heterocycles. The Morgan fingerprint density at radius 2 is 1.94 bits per heavy atom. The summed E-state index contributed by atoms with van der Waals surface area (Å²) in [4.78, 5) is 0. The van der Waals surface area contributed by atoms with Gasteiger partial charge in [0.2, 0.25) is 0 Å². The van der Waals surface area contributed by atoms with Gasteiger partial charge in [0.15, 0.2) is 0 Å². The first kappa shape index (κ1) is 12.1. The van der Waals surface area contributed by atoms with Crippen molar-refractivity contribution < 1.29 is 0 Å². The fraction of sp³-hybridized carbons (Fsp3) is 0.385. The molecule has 0 radical (unpaired) electrons. The highest BCUT2D eigenvalue weighted by molar-refractivity contribution is 9.10. The Labute approximate surface area is 110 Å². The molecular weight excluding hydrogens is 278 g/mol. The highest BCUT2D eigenvalue weighted by atomic mass is 79.9. The molecular formula is C13H14BrN3. The van der Waals surface area contributed by atoms with Gasteiger partial charge in [-0.25, -0.2) is 0 Å². The molecule has 2 rings (SSSR count). The van der Waals surface area contributed by atoms with Gasteiger partial charge in [-0.15, -0.1) is 0 Å². The molecule has 1 N–H and O–H groups in total. The molecule has 0 amide bonds. The van der Waals surface area contributed by atoms with Gasteiger partial charge in [0.1, 0.15) is 11.8 Å². The number of halogens is 1. The number of hydrazone groups is 1. The van der Waals surface area contributed by atoms with Crippen molar-refractivity contribution in [3.05, 3.63) is 28.7 Å². The lowest BCUT2D eigenvalue weighted by atomic mass is 10.0. The van der Waals surface area contributed by atoms with Crippen LogP contribution >= 0.6 is 15.9 Å². The summed E-state index contributed by atoms with van der Waals surface area (Å²) in [5.74, 6) is 0.350. The van der Waals surface area contributed by atoms with E-state index < -0.39 is 0 Å². The molecule has 0 bridgehead atoms. The first-order chi connectivity index (χ1) is 8.29. The van der Waals surface area contributed by atoms with Crippen LogP contribution in [0.1, 0.15) is 25.7 Å². The molecule has 0 heterocycles. The number of benzene rings is 1. The zero-order chi connectivity index (χ0) is 12.1. The van der Waals surface area contributed by atoms with E-state index >= 15 is 0 Å². The number of rotatable bonds is 3. The van der Waals surface area contributed by atoms with E-state index in [0.29, 0.717) is 11.6 Å². The van der Waals surface area contributed by atoms with Gasteiger partial charge in [-0.1, -0.05) is 28.8 Å². The molecule has 0 saturated heterocycles. The summed E-state index contributed by atoms with van der Waals surface area (Å²) in [5.41, 5.74) is 4.48. The normalized spacial score (nSPS) is 16.8. The van der Waals surface area contributed by atoms with Crippen molar-refractivity contribution in [2.45, 2.75) is 25.7 Å². The molecule has 17 heavy (non-hydrogen) atoms. The number of nitrogens with zero attached hydrogens (tertiary/aromatic N) is 2. The maximum Gasteiger partial charge on any atom is 0.141 e. The Morgan fingerprint density at radius 1 is 1.29 bits per heavy atom. The van der Waals surface area contributed by atoms with E-state index in [9.17, 15) is 0 Å². The zero-order valence-electron chi connectivity index (χ0n) is 9.49. The average molecular weight is 292 g/mol. The Bertz CT molecular complexity index is 439. The monoisotopic (exact) mass is 291 g/mol. The highest BCUT2D eigenvalue weighted by Gasteiger charge is 2.20.